The molecule has 0 bridgehead atoms. The van der Waals surface area contributed by atoms with Gasteiger partial charge >= 0.3 is 0 Å². The molecule has 2 aliphatic carbocycles. The molecule has 1 aromatic carbocycles. The highest BCUT2D eigenvalue weighted by Gasteiger charge is 2.38. The fraction of sp³-hybridized carbons (Fsp3) is 0.579. The summed E-state index contributed by atoms with van der Waals surface area (Å²) in [6.45, 7) is 4.27. The van der Waals surface area contributed by atoms with Gasteiger partial charge in [0.2, 0.25) is 0 Å². The van der Waals surface area contributed by atoms with Crippen LogP contribution in [0.15, 0.2) is 30.4 Å². The fourth-order valence-corrected chi connectivity index (χ4v) is 4.44. The van der Waals surface area contributed by atoms with Crippen LogP contribution in [0.3, 0.4) is 0 Å². The molecule has 1 N–H and O–H groups in total. The maximum absolute atomic E-state index is 9.88. The third kappa shape index (κ3) is 2.95. The number of phenolic OH excluding ortho intramolecular Hbond substituents is 1. The van der Waals surface area contributed by atoms with Gasteiger partial charge in [0.05, 0.1) is 7.11 Å². The molecule has 2 saturated carbocycles. The smallest absolute Gasteiger partial charge is 0.160 e. The number of ether oxygens (including phenoxy) is 1. The fourth-order valence-electron chi connectivity index (χ4n) is 4.44. The Balaban J connectivity index is 1.62. The van der Waals surface area contributed by atoms with Crippen molar-refractivity contribution in [2.45, 2.75) is 44.9 Å². The minimum atomic E-state index is 0.255. The number of aryl methyl sites for hydroxylation is 1. The molecule has 1 aromatic rings. The van der Waals surface area contributed by atoms with Crippen LogP contribution in [0.4, 0.5) is 0 Å². The summed E-state index contributed by atoms with van der Waals surface area (Å²) in [5, 5.41) is 9.88. The van der Waals surface area contributed by atoms with E-state index in [1.807, 2.05) is 12.1 Å². The maximum Gasteiger partial charge on any atom is 0.160 e. The van der Waals surface area contributed by atoms with Crippen LogP contribution in [0, 0.1) is 17.8 Å². The molecule has 2 nitrogen and oxygen atoms in total. The van der Waals surface area contributed by atoms with Crippen molar-refractivity contribution < 1.29 is 9.84 Å². The summed E-state index contributed by atoms with van der Waals surface area (Å²) in [7, 11) is 1.59. The van der Waals surface area contributed by atoms with Crippen molar-refractivity contribution in [3.8, 4) is 11.5 Å². The number of hydrogen-bond donors (Lipinski definition) is 1. The van der Waals surface area contributed by atoms with Gasteiger partial charge in [0.15, 0.2) is 11.5 Å². The number of hydrogen-bond acceptors (Lipinski definition) is 2. The lowest BCUT2D eigenvalue weighted by molar-refractivity contribution is 0.187. The van der Waals surface area contributed by atoms with Crippen molar-refractivity contribution >= 4 is 0 Å². The van der Waals surface area contributed by atoms with E-state index in [1.165, 1.54) is 49.7 Å². The number of benzene rings is 1. The minimum Gasteiger partial charge on any atom is -0.504 e. The van der Waals surface area contributed by atoms with Crippen LogP contribution in [0.25, 0.3) is 0 Å². The first kappa shape index (κ1) is 14.5. The van der Waals surface area contributed by atoms with Gasteiger partial charge in [-0.2, -0.15) is 0 Å². The van der Waals surface area contributed by atoms with Crippen LogP contribution in [-0.2, 0) is 6.42 Å². The summed E-state index contributed by atoms with van der Waals surface area (Å²) in [6, 6.07) is 5.80. The van der Waals surface area contributed by atoms with E-state index in [4.69, 9.17) is 4.74 Å². The van der Waals surface area contributed by atoms with Gasteiger partial charge in [-0.25, -0.2) is 0 Å². The molecule has 0 aromatic heterocycles. The first-order valence-electron chi connectivity index (χ1n) is 8.22. The number of allylic oxidation sites excluding steroid dienone is 1. The number of methoxy groups -OCH3 is 1. The third-order valence-corrected chi connectivity index (χ3v) is 5.58. The number of rotatable bonds is 4. The molecule has 2 aliphatic rings. The molecule has 3 unspecified atom stereocenters. The van der Waals surface area contributed by atoms with E-state index in [0.29, 0.717) is 5.75 Å². The van der Waals surface area contributed by atoms with Crippen LogP contribution in [0.2, 0.25) is 0 Å². The molecule has 0 spiro atoms. The van der Waals surface area contributed by atoms with Gasteiger partial charge in [-0.1, -0.05) is 31.1 Å². The summed E-state index contributed by atoms with van der Waals surface area (Å²) in [5.74, 6) is 3.33. The first-order chi connectivity index (χ1) is 10.2. The SMILES string of the molecule is C=C1CCC2C(CCc3ccc(OC)c(O)c3)CCCC12. The Morgan fingerprint density at radius 3 is 2.90 bits per heavy atom. The van der Waals surface area contributed by atoms with Gasteiger partial charge < -0.3 is 9.84 Å². The first-order valence-corrected chi connectivity index (χ1v) is 8.22. The summed E-state index contributed by atoms with van der Waals surface area (Å²) in [4.78, 5) is 0. The Labute approximate surface area is 127 Å². The normalized spacial score (nSPS) is 28.4. The van der Waals surface area contributed by atoms with Crippen LogP contribution in [-0.4, -0.2) is 12.2 Å². The summed E-state index contributed by atoms with van der Waals surface area (Å²) < 4.78 is 5.10. The van der Waals surface area contributed by atoms with E-state index in [0.717, 1.165) is 24.2 Å². The second-order valence-electron chi connectivity index (χ2n) is 6.70. The molecular weight excluding hydrogens is 260 g/mol. The molecule has 0 heterocycles. The number of aromatic hydroxyl groups is 1. The van der Waals surface area contributed by atoms with Crippen LogP contribution < -0.4 is 4.74 Å². The van der Waals surface area contributed by atoms with Crippen molar-refractivity contribution in [1.82, 2.24) is 0 Å². The lowest BCUT2D eigenvalue weighted by Crippen LogP contribution is -2.25. The summed E-state index contributed by atoms with van der Waals surface area (Å²) >= 11 is 0. The zero-order chi connectivity index (χ0) is 14.8. The van der Waals surface area contributed by atoms with E-state index >= 15 is 0 Å². The minimum absolute atomic E-state index is 0.255. The molecule has 21 heavy (non-hydrogen) atoms. The van der Waals surface area contributed by atoms with Crippen molar-refractivity contribution in [3.63, 3.8) is 0 Å². The molecule has 0 aliphatic heterocycles. The van der Waals surface area contributed by atoms with Gasteiger partial charge in [0.25, 0.3) is 0 Å². The number of fused-ring (bicyclic) bond motifs is 1. The zero-order valence-corrected chi connectivity index (χ0v) is 13.0. The largest absolute Gasteiger partial charge is 0.504 e. The van der Waals surface area contributed by atoms with Crippen LogP contribution in [0.1, 0.15) is 44.1 Å². The quantitative estimate of drug-likeness (QED) is 0.812. The van der Waals surface area contributed by atoms with E-state index < -0.39 is 0 Å². The standard InChI is InChI=1S/C19H26O2/c1-13-6-10-17-15(4-3-5-16(13)17)9-7-14-8-11-19(21-2)18(20)12-14/h8,11-12,15-17,20H,1,3-7,9-10H2,2H3. The highest BCUT2D eigenvalue weighted by Crippen LogP contribution is 2.49. The van der Waals surface area contributed by atoms with Crippen molar-refractivity contribution in [3.05, 3.63) is 35.9 Å². The predicted octanol–water partition coefficient (Wildman–Crippen LogP) is 4.72. The Morgan fingerprint density at radius 2 is 2.14 bits per heavy atom. The second-order valence-corrected chi connectivity index (χ2v) is 6.70. The van der Waals surface area contributed by atoms with Crippen molar-refractivity contribution in [2.75, 3.05) is 7.11 Å². The highest BCUT2D eigenvalue weighted by molar-refractivity contribution is 5.41. The topological polar surface area (TPSA) is 29.5 Å². The summed E-state index contributed by atoms with van der Waals surface area (Å²) in [6.07, 6.45) is 8.98. The monoisotopic (exact) mass is 286 g/mol. The van der Waals surface area contributed by atoms with Gasteiger partial charge in [0.1, 0.15) is 0 Å². The lowest BCUT2D eigenvalue weighted by Gasteiger charge is -2.34. The molecule has 2 heteroatoms. The van der Waals surface area contributed by atoms with Gasteiger partial charge in [0, 0.05) is 0 Å². The summed E-state index contributed by atoms with van der Waals surface area (Å²) in [5.41, 5.74) is 2.72. The maximum atomic E-state index is 9.88. The average Bonchev–Trinajstić information content (AvgIpc) is 2.87. The molecule has 0 saturated heterocycles. The number of phenols is 1. The Hall–Kier alpha value is -1.44. The van der Waals surface area contributed by atoms with E-state index in [-0.39, 0.29) is 5.75 Å². The van der Waals surface area contributed by atoms with E-state index in [2.05, 4.69) is 12.6 Å². The Kier molecular flexibility index (Phi) is 4.23. The Bertz CT molecular complexity index is 520. The Morgan fingerprint density at radius 1 is 1.29 bits per heavy atom. The predicted molar refractivity (Wildman–Crippen MR) is 85.7 cm³/mol. The van der Waals surface area contributed by atoms with Gasteiger partial charge in [-0.05, 0) is 67.6 Å². The molecule has 3 atom stereocenters. The lowest BCUT2D eigenvalue weighted by atomic mass is 9.71. The van der Waals surface area contributed by atoms with E-state index in [1.54, 1.807) is 7.11 Å². The molecule has 2 fully saturated rings. The second kappa shape index (κ2) is 6.13. The van der Waals surface area contributed by atoms with Crippen molar-refractivity contribution in [1.29, 1.82) is 0 Å². The highest BCUT2D eigenvalue weighted by atomic mass is 16.5. The third-order valence-electron chi connectivity index (χ3n) is 5.58. The van der Waals surface area contributed by atoms with Gasteiger partial charge in [-0.3, -0.25) is 0 Å². The van der Waals surface area contributed by atoms with Gasteiger partial charge in [-0.15, -0.1) is 0 Å². The average molecular weight is 286 g/mol. The molecule has 0 radical (unpaired) electrons. The van der Waals surface area contributed by atoms with Crippen LogP contribution in [0.5, 0.6) is 11.5 Å². The van der Waals surface area contributed by atoms with E-state index in [9.17, 15) is 5.11 Å². The zero-order valence-electron chi connectivity index (χ0n) is 13.0. The van der Waals surface area contributed by atoms with Crippen LogP contribution >= 0.6 is 0 Å². The molecule has 114 valence electrons. The molecular formula is C19H26O2. The molecule has 3 rings (SSSR count). The molecule has 0 amide bonds. The van der Waals surface area contributed by atoms with Crippen molar-refractivity contribution in [2.24, 2.45) is 17.8 Å².